The van der Waals surface area contributed by atoms with E-state index in [1.165, 1.54) is 64.3 Å². The lowest BCUT2D eigenvalue weighted by atomic mass is 10.2. The topological polar surface area (TPSA) is 542 Å². The Hall–Kier alpha value is -18.2. The van der Waals surface area contributed by atoms with Crippen molar-refractivity contribution in [3.63, 3.8) is 0 Å². The van der Waals surface area contributed by atoms with Gasteiger partial charge in [-0.05, 0) is 53.4 Å². The normalized spacial score (nSPS) is 12.0. The molecule has 2 aromatic carbocycles. The van der Waals surface area contributed by atoms with Gasteiger partial charge in [0.2, 0.25) is 0 Å². The van der Waals surface area contributed by atoms with E-state index < -0.39 is 0 Å². The third-order valence-electron chi connectivity index (χ3n) is 23.8. The highest BCUT2D eigenvalue weighted by Gasteiger charge is 2.27. The van der Waals surface area contributed by atoms with Gasteiger partial charge < -0.3 is 38.9 Å². The molecule has 0 radical (unpaired) electrons. The number of H-pyrrole nitrogens is 1. The van der Waals surface area contributed by atoms with Gasteiger partial charge in [-0.25, -0.2) is 97.6 Å². The van der Waals surface area contributed by atoms with Crippen molar-refractivity contribution in [3.8, 4) is 0 Å². The molecule has 724 valence electrons. The van der Waals surface area contributed by atoms with Crippen LogP contribution < -0.4 is 50.1 Å². The van der Waals surface area contributed by atoms with Crippen LogP contribution in [0.3, 0.4) is 0 Å². The molecule has 7 N–H and O–H groups in total. The van der Waals surface area contributed by atoms with Crippen LogP contribution in [0.1, 0.15) is 64.8 Å². The van der Waals surface area contributed by atoms with E-state index in [4.69, 9.17) is 26.4 Å². The Morgan fingerprint density at radius 3 is 1.30 bits per heavy atom. The SMILES string of the molecule is C=C1N=C(Cn2ncc3c4sc(Cn5cncn5)nc4n(C)c3c2=O)NN1.Cn1c2nc(Cn3ccnc3)sc2c2cnn(Cc3nccc(N)n3)c(=O)c21.Cn1c2nc(Cn3cncn3)sc2c2cnn(Cc3nccc(N)n3)c(=O)c21.Cn1ccc(Cn2ncc3c4sc(CCc5cccnc5)nc4n(C)c3c2=O)n1.O=c1c2c(cnn1Cc1ccccc1)c1sc(Cc3ccn[nH]3)nc1n2Cc1ccccc1. The molecule has 24 heterocycles. The Bertz CT molecular complexity index is 9280. The van der Waals surface area contributed by atoms with E-state index >= 15 is 0 Å². The van der Waals surface area contributed by atoms with Crippen molar-refractivity contribution in [1.82, 2.24) is 191 Å². The van der Waals surface area contributed by atoms with Crippen LogP contribution in [-0.2, 0) is 113 Å². The van der Waals surface area contributed by atoms with Crippen LogP contribution in [0.2, 0.25) is 0 Å². The largest absolute Gasteiger partial charge is 0.384 e. The van der Waals surface area contributed by atoms with Crippen molar-refractivity contribution in [2.45, 2.75) is 78.2 Å². The number of anilines is 2. The summed E-state index contributed by atoms with van der Waals surface area (Å²) in [5.41, 5.74) is 28.2. The van der Waals surface area contributed by atoms with Crippen molar-refractivity contribution in [2.24, 2.45) is 40.2 Å². The summed E-state index contributed by atoms with van der Waals surface area (Å²) < 4.78 is 28.3. The molecule has 0 spiro atoms. The predicted molar refractivity (Wildman–Crippen MR) is 550 cm³/mol. The molecule has 145 heavy (non-hydrogen) atoms. The fourth-order valence-corrected chi connectivity index (χ4v) is 22.5. The standard InChI is InChI=1S/C25H20N6OS.C20H19N7OS.C17H15N9OS.C16H14N10OS.C15H14N10OS/c32-25-22-20(14-27-31(25)16-18-9-5-2-6-10-18)23-24(30(22)15-17-7-3-1-4-8-17)28-21(33-23)13-19-11-12-26-29-19;1-25-9-7-14(24-25)12-27-20(28)17-15(11-22-27)18-19(26(17)2)23-16(29-18)6-5-13-4-3-8-21-10-13;1-24-14-10(15-16(24)23-13(28-15)8-25-5-4-19-9-25)6-21-26(17(14)27)7-12-20-3-2-11(18)22-12;1-24-13-9(14-15(24)23-12(28-14)6-25-8-18-7-21-25)4-20-26(16(13)27)5-11-19-3-2-10(17)22-11;1-8-19-10(22-21-8)4-25-15(26)12-9(3-17-25)13-14(23(12)2)20-11(27-13)5-24-7-16-6-18-24/h1-12,14H,13,15-16H2,(H,26,29);3-4,7-11H,5-6,12H2,1-2H3;2-6,9H,7-8H2,1H3,(H2,18,20,22);2-4,7-8H,5-6H2,1H3,(H2,17,19,22);3,6-7,21H,1,4-5H2,2H3,(H,19,22). The zero-order valence-electron chi connectivity index (χ0n) is 77.6. The Morgan fingerprint density at radius 1 is 0.372 bits per heavy atom. The maximum absolute atomic E-state index is 13.6. The monoisotopic (exact) mass is 2030 g/mol. The molecule has 1 aliphatic rings. The van der Waals surface area contributed by atoms with Crippen LogP contribution in [-0.4, -0.2) is 186 Å². The second kappa shape index (κ2) is 39.1. The lowest BCUT2D eigenvalue weighted by molar-refractivity contribution is 0.619. The molecule has 1 aliphatic heterocycles. The van der Waals surface area contributed by atoms with Gasteiger partial charge in [-0.15, -0.1) is 56.7 Å². The molecule has 23 aromatic heterocycles. The summed E-state index contributed by atoms with van der Waals surface area (Å²) in [6.45, 7) is 7.26. The number of nitrogen functional groups attached to an aromatic ring is 2. The number of nitrogens with two attached hydrogens (primary N) is 2. The fraction of sp³-hybridized carbons (Fsp3) is 0.183. The number of aryl methyl sites for hydroxylation is 7. The molecule has 0 bridgehead atoms. The number of hydrogen-bond donors (Lipinski definition) is 5. The average Bonchev–Trinajstić information content (AvgIpc) is 1.59. The highest BCUT2D eigenvalue weighted by atomic mass is 32.1. The van der Waals surface area contributed by atoms with E-state index in [-0.39, 0.29) is 47.4 Å². The molecule has 0 saturated heterocycles. The van der Waals surface area contributed by atoms with E-state index in [0.29, 0.717) is 108 Å². The van der Waals surface area contributed by atoms with Crippen LogP contribution in [0.5, 0.6) is 0 Å². The minimum atomic E-state index is -0.228. The van der Waals surface area contributed by atoms with Crippen molar-refractivity contribution < 1.29 is 0 Å². The summed E-state index contributed by atoms with van der Waals surface area (Å²) in [4.78, 5) is 126. The van der Waals surface area contributed by atoms with Crippen molar-refractivity contribution >= 4 is 180 Å². The number of pyridine rings is 1. The zero-order chi connectivity index (χ0) is 99.2. The maximum Gasteiger partial charge on any atom is 0.291 e. The molecule has 0 fully saturated rings. The highest BCUT2D eigenvalue weighted by molar-refractivity contribution is 7.21. The summed E-state index contributed by atoms with van der Waals surface area (Å²) in [6, 6.07) is 31.1. The Balaban J connectivity index is 0.000000103. The Kier molecular flexibility index (Phi) is 24.8. The number of nitrogens with one attached hydrogen (secondary N) is 3. The number of aliphatic imine (C=N–C) groups is 1. The van der Waals surface area contributed by atoms with E-state index in [1.807, 2.05) is 150 Å². The molecular formula is C93H82N42O5S5. The van der Waals surface area contributed by atoms with Crippen LogP contribution >= 0.6 is 56.7 Å². The number of hydrogen-bond acceptors (Lipinski definition) is 37. The fourth-order valence-electron chi connectivity index (χ4n) is 17.0. The molecule has 0 atom stereocenters. The molecule has 0 saturated carbocycles. The van der Waals surface area contributed by atoms with Gasteiger partial charge in [0.25, 0.3) is 27.8 Å². The first-order valence-corrected chi connectivity index (χ1v) is 48.9. The van der Waals surface area contributed by atoms with Gasteiger partial charge in [-0.1, -0.05) is 73.3 Å². The second-order valence-corrected chi connectivity index (χ2v) is 38.9. The van der Waals surface area contributed by atoms with Gasteiger partial charge in [0.1, 0.15) is 116 Å². The Labute approximate surface area is 834 Å². The zero-order valence-corrected chi connectivity index (χ0v) is 81.7. The summed E-state index contributed by atoms with van der Waals surface area (Å²) in [5, 5.41) is 50.2. The number of aromatic nitrogens is 37. The van der Waals surface area contributed by atoms with Crippen molar-refractivity contribution in [2.75, 3.05) is 11.5 Å². The summed E-state index contributed by atoms with van der Waals surface area (Å²) in [6.07, 6.45) is 33.1. The molecule has 0 aliphatic carbocycles. The first kappa shape index (κ1) is 91.9. The lowest BCUT2D eigenvalue weighted by Crippen LogP contribution is -2.35. The number of thiazole rings is 5. The first-order valence-electron chi connectivity index (χ1n) is 44.9. The minimum Gasteiger partial charge on any atom is -0.384 e. The highest BCUT2D eigenvalue weighted by Crippen LogP contribution is 2.38. The van der Waals surface area contributed by atoms with E-state index in [1.54, 1.807) is 140 Å². The van der Waals surface area contributed by atoms with E-state index in [9.17, 15) is 24.0 Å². The van der Waals surface area contributed by atoms with E-state index in [2.05, 4.69) is 141 Å². The van der Waals surface area contributed by atoms with Gasteiger partial charge in [0.05, 0.1) is 104 Å². The number of nitrogens with zero attached hydrogens (tertiary/aromatic N) is 37. The van der Waals surface area contributed by atoms with Crippen LogP contribution in [0.15, 0.2) is 251 Å². The molecule has 26 rings (SSSR count). The maximum atomic E-state index is 13.6. The molecule has 0 amide bonds. The van der Waals surface area contributed by atoms with Crippen LogP contribution in [0.4, 0.5) is 11.6 Å². The van der Waals surface area contributed by atoms with Gasteiger partial charge in [-0.2, -0.15) is 45.9 Å². The summed E-state index contributed by atoms with van der Waals surface area (Å²) in [7, 11) is 9.25. The molecule has 0 unspecified atom stereocenters. The number of hydrazine groups is 1. The second-order valence-electron chi connectivity index (χ2n) is 33.5. The van der Waals surface area contributed by atoms with E-state index in [0.717, 1.165) is 139 Å². The Morgan fingerprint density at radius 2 is 0.834 bits per heavy atom. The quantitative estimate of drug-likeness (QED) is 0.0406. The van der Waals surface area contributed by atoms with Crippen molar-refractivity contribution in [3.05, 3.63) is 338 Å². The van der Waals surface area contributed by atoms with Gasteiger partial charge in [0.15, 0.2) is 39.9 Å². The number of aromatic amines is 1. The van der Waals surface area contributed by atoms with Crippen molar-refractivity contribution in [1.29, 1.82) is 0 Å². The molecule has 52 heteroatoms. The summed E-state index contributed by atoms with van der Waals surface area (Å²) >= 11 is 7.84. The summed E-state index contributed by atoms with van der Waals surface area (Å²) in [5.74, 6) is 2.65. The van der Waals surface area contributed by atoms with Gasteiger partial charge in [0, 0.05) is 137 Å². The third kappa shape index (κ3) is 18.6. The van der Waals surface area contributed by atoms with Crippen LogP contribution in [0.25, 0.3) is 106 Å². The number of benzene rings is 2. The van der Waals surface area contributed by atoms with Gasteiger partial charge in [-0.3, -0.25) is 49.6 Å². The first-order chi connectivity index (χ1) is 70.6. The minimum absolute atomic E-state index is 0.104. The predicted octanol–water partition coefficient (Wildman–Crippen LogP) is 7.90. The number of imidazole rings is 1. The van der Waals surface area contributed by atoms with Gasteiger partial charge >= 0.3 is 0 Å². The molecule has 25 aromatic rings. The third-order valence-corrected chi connectivity index (χ3v) is 29.2. The van der Waals surface area contributed by atoms with Crippen LogP contribution in [0, 0.1) is 0 Å². The smallest absolute Gasteiger partial charge is 0.291 e. The average molecular weight is 2030 g/mol. The molecule has 47 nitrogen and oxygen atoms in total. The lowest BCUT2D eigenvalue weighted by Gasteiger charge is -2.09. The number of fused-ring (bicyclic) bond motifs is 15. The molecular weight excluding hydrogens is 1950 g/mol. The number of rotatable bonds is 23. The number of amidine groups is 1.